The minimum absolute atomic E-state index is 0. The van der Waals surface area contributed by atoms with Gasteiger partial charge in [0.2, 0.25) is 0 Å². The van der Waals surface area contributed by atoms with Crippen molar-refractivity contribution in [1.29, 1.82) is 0 Å². The molecular formula is C20H26IN3O. The first-order valence-electron chi connectivity index (χ1n) is 8.40. The Labute approximate surface area is 166 Å². The number of hydrogen-bond acceptors (Lipinski definition) is 2. The molecule has 4 nitrogen and oxygen atoms in total. The lowest BCUT2D eigenvalue weighted by atomic mass is 9.85. The Morgan fingerprint density at radius 2 is 1.84 bits per heavy atom. The fourth-order valence-corrected chi connectivity index (χ4v) is 2.98. The summed E-state index contributed by atoms with van der Waals surface area (Å²) in [7, 11) is 0. The third kappa shape index (κ3) is 4.87. The van der Waals surface area contributed by atoms with E-state index < -0.39 is 0 Å². The zero-order chi connectivity index (χ0) is 17.0. The number of nitrogens with one attached hydrogen (secondary N) is 1. The lowest BCUT2D eigenvalue weighted by Gasteiger charge is -2.27. The third-order valence-electron chi connectivity index (χ3n) is 4.48. The molecule has 2 aromatic carbocycles. The van der Waals surface area contributed by atoms with Crippen molar-refractivity contribution < 1.29 is 4.74 Å². The predicted octanol–water partition coefficient (Wildman–Crippen LogP) is 4.01. The van der Waals surface area contributed by atoms with E-state index in [1.165, 1.54) is 5.56 Å². The molecule has 1 unspecified atom stereocenters. The number of guanidine groups is 1. The van der Waals surface area contributed by atoms with Crippen LogP contribution in [-0.4, -0.2) is 19.1 Å². The summed E-state index contributed by atoms with van der Waals surface area (Å²) in [5.41, 5.74) is 8.50. The number of nitrogens with zero attached hydrogens (tertiary/aromatic N) is 1. The van der Waals surface area contributed by atoms with E-state index in [2.05, 4.69) is 54.5 Å². The molecule has 0 radical (unpaired) electrons. The minimum Gasteiger partial charge on any atom is -0.493 e. The molecular weight excluding hydrogens is 425 g/mol. The Morgan fingerprint density at radius 1 is 1.16 bits per heavy atom. The average molecular weight is 451 g/mol. The zero-order valence-electron chi connectivity index (χ0n) is 14.7. The van der Waals surface area contributed by atoms with Crippen LogP contribution in [-0.2, 0) is 5.41 Å². The van der Waals surface area contributed by atoms with E-state index in [9.17, 15) is 0 Å². The van der Waals surface area contributed by atoms with Gasteiger partial charge in [-0.2, -0.15) is 0 Å². The third-order valence-corrected chi connectivity index (χ3v) is 4.48. The topological polar surface area (TPSA) is 59.6 Å². The normalized spacial score (nSPS) is 17.0. The van der Waals surface area contributed by atoms with E-state index in [0.29, 0.717) is 19.1 Å². The van der Waals surface area contributed by atoms with Crippen molar-refractivity contribution in [3.63, 3.8) is 0 Å². The maximum Gasteiger partial charge on any atom is 0.189 e. The second kappa shape index (κ2) is 8.56. The van der Waals surface area contributed by atoms with Crippen LogP contribution in [0.2, 0.25) is 0 Å². The smallest absolute Gasteiger partial charge is 0.189 e. The molecule has 1 aliphatic rings. The highest BCUT2D eigenvalue weighted by Crippen LogP contribution is 2.31. The van der Waals surface area contributed by atoms with Crippen LogP contribution < -0.4 is 15.8 Å². The van der Waals surface area contributed by atoms with Gasteiger partial charge in [-0.1, -0.05) is 62.4 Å². The van der Waals surface area contributed by atoms with E-state index in [-0.39, 0.29) is 35.4 Å². The molecule has 2 aromatic rings. The molecule has 0 aliphatic carbocycles. The molecule has 25 heavy (non-hydrogen) atoms. The number of ether oxygens (including phenoxy) is 1. The van der Waals surface area contributed by atoms with Crippen molar-refractivity contribution in [2.24, 2.45) is 10.7 Å². The van der Waals surface area contributed by atoms with Gasteiger partial charge in [-0.3, -0.25) is 4.99 Å². The molecule has 0 spiro atoms. The number of rotatable bonds is 4. The number of benzene rings is 2. The molecule has 0 amide bonds. The van der Waals surface area contributed by atoms with Crippen LogP contribution in [0.5, 0.6) is 5.75 Å². The highest BCUT2D eigenvalue weighted by Gasteiger charge is 2.23. The van der Waals surface area contributed by atoms with Crippen molar-refractivity contribution >= 4 is 29.9 Å². The van der Waals surface area contributed by atoms with Crippen molar-refractivity contribution in [3.8, 4) is 5.75 Å². The van der Waals surface area contributed by atoms with E-state index in [0.717, 1.165) is 17.7 Å². The number of fused-ring (bicyclic) bond motifs is 1. The van der Waals surface area contributed by atoms with Gasteiger partial charge in [0.1, 0.15) is 5.75 Å². The first-order valence-corrected chi connectivity index (χ1v) is 8.40. The maximum atomic E-state index is 6.15. The summed E-state index contributed by atoms with van der Waals surface area (Å²) >= 11 is 0. The molecule has 1 heterocycles. The molecule has 1 atom stereocenters. The van der Waals surface area contributed by atoms with Crippen molar-refractivity contribution in [3.05, 3.63) is 65.7 Å². The van der Waals surface area contributed by atoms with Gasteiger partial charge in [-0.25, -0.2) is 0 Å². The van der Waals surface area contributed by atoms with Crippen LogP contribution in [0.4, 0.5) is 0 Å². The van der Waals surface area contributed by atoms with E-state index in [1.807, 2.05) is 24.3 Å². The molecule has 3 rings (SSSR count). The van der Waals surface area contributed by atoms with Crippen LogP contribution >= 0.6 is 24.0 Å². The fourth-order valence-electron chi connectivity index (χ4n) is 2.98. The van der Waals surface area contributed by atoms with Gasteiger partial charge < -0.3 is 15.8 Å². The summed E-state index contributed by atoms with van der Waals surface area (Å²) in [4.78, 5) is 4.58. The van der Waals surface area contributed by atoms with Gasteiger partial charge in [0, 0.05) is 17.4 Å². The molecule has 0 saturated carbocycles. The highest BCUT2D eigenvalue weighted by molar-refractivity contribution is 14.0. The molecule has 3 N–H and O–H groups in total. The number of para-hydroxylation sites is 1. The summed E-state index contributed by atoms with van der Waals surface area (Å²) in [6.45, 7) is 5.70. The minimum atomic E-state index is -0.0544. The van der Waals surface area contributed by atoms with Gasteiger partial charge in [0.15, 0.2) is 5.96 Å². The summed E-state index contributed by atoms with van der Waals surface area (Å²) in [6.07, 6.45) is 0.884. The number of aliphatic imine (C=N–C) groups is 1. The van der Waals surface area contributed by atoms with Gasteiger partial charge in [-0.05, 0) is 11.6 Å². The van der Waals surface area contributed by atoms with Crippen LogP contribution in [0.25, 0.3) is 0 Å². The van der Waals surface area contributed by atoms with Crippen molar-refractivity contribution in [1.82, 2.24) is 5.32 Å². The SMILES string of the molecule is CC(C)(CN=C(N)NC1CCOc2ccccc21)c1ccccc1.I. The number of halogens is 1. The summed E-state index contributed by atoms with van der Waals surface area (Å²) in [5.74, 6) is 1.42. The molecule has 134 valence electrons. The predicted molar refractivity (Wildman–Crippen MR) is 114 cm³/mol. The summed E-state index contributed by atoms with van der Waals surface area (Å²) in [5, 5.41) is 3.35. The summed E-state index contributed by atoms with van der Waals surface area (Å²) < 4.78 is 5.69. The highest BCUT2D eigenvalue weighted by atomic mass is 127. The first-order chi connectivity index (χ1) is 11.6. The van der Waals surface area contributed by atoms with Gasteiger partial charge in [0.05, 0.1) is 19.2 Å². The van der Waals surface area contributed by atoms with Crippen molar-refractivity contribution in [2.75, 3.05) is 13.2 Å². The second-order valence-corrected chi connectivity index (χ2v) is 6.82. The lowest BCUT2D eigenvalue weighted by Crippen LogP contribution is -2.38. The Bertz CT molecular complexity index is 716. The standard InChI is InChI=1S/C20H25N3O.HI/c1-20(2,15-8-4-3-5-9-15)14-22-19(21)23-17-12-13-24-18-11-7-6-10-16(17)18;/h3-11,17H,12-14H2,1-2H3,(H3,21,22,23);1H. The van der Waals surface area contributed by atoms with E-state index in [4.69, 9.17) is 10.5 Å². The Balaban J connectivity index is 0.00000225. The molecule has 0 fully saturated rings. The Morgan fingerprint density at radius 3 is 2.60 bits per heavy atom. The van der Waals surface area contributed by atoms with Gasteiger partial charge in [-0.15, -0.1) is 24.0 Å². The van der Waals surface area contributed by atoms with E-state index in [1.54, 1.807) is 0 Å². The average Bonchev–Trinajstić information content (AvgIpc) is 2.61. The monoisotopic (exact) mass is 451 g/mol. The van der Waals surface area contributed by atoms with Crippen molar-refractivity contribution in [2.45, 2.75) is 31.7 Å². The maximum absolute atomic E-state index is 6.15. The number of nitrogens with two attached hydrogens (primary N) is 1. The fraction of sp³-hybridized carbons (Fsp3) is 0.350. The van der Waals surface area contributed by atoms with Crippen LogP contribution in [0, 0.1) is 0 Å². The number of hydrogen-bond donors (Lipinski definition) is 2. The molecule has 1 aliphatic heterocycles. The Kier molecular flexibility index (Phi) is 6.70. The van der Waals surface area contributed by atoms with Crippen LogP contribution in [0.3, 0.4) is 0 Å². The quantitative estimate of drug-likeness (QED) is 0.420. The zero-order valence-corrected chi connectivity index (χ0v) is 17.1. The molecule has 0 aromatic heterocycles. The van der Waals surface area contributed by atoms with Crippen LogP contribution in [0.1, 0.15) is 37.4 Å². The largest absolute Gasteiger partial charge is 0.493 e. The molecule has 0 bridgehead atoms. The van der Waals surface area contributed by atoms with Crippen LogP contribution in [0.15, 0.2) is 59.6 Å². The molecule has 0 saturated heterocycles. The molecule has 5 heteroatoms. The van der Waals surface area contributed by atoms with Gasteiger partial charge >= 0.3 is 0 Å². The Hall–Kier alpha value is -1.76. The van der Waals surface area contributed by atoms with E-state index >= 15 is 0 Å². The second-order valence-electron chi connectivity index (χ2n) is 6.82. The van der Waals surface area contributed by atoms with Gasteiger partial charge in [0.25, 0.3) is 0 Å². The summed E-state index contributed by atoms with van der Waals surface area (Å²) in [6, 6.07) is 18.6. The lowest BCUT2D eigenvalue weighted by molar-refractivity contribution is 0.262. The first kappa shape index (κ1) is 19.6.